The number of carbonyl (C=O) groups excluding carboxylic acids is 1. The molecule has 1 saturated heterocycles. The topological polar surface area (TPSA) is 35.6 Å². The van der Waals surface area contributed by atoms with E-state index in [0.29, 0.717) is 0 Å². The van der Waals surface area contributed by atoms with Gasteiger partial charge < -0.3 is 10.2 Å². The average Bonchev–Trinajstić information content (AvgIpc) is 3.06. The fraction of sp³-hybridized carbons (Fsp3) is 0.350. The van der Waals surface area contributed by atoms with Gasteiger partial charge in [0.05, 0.1) is 6.04 Å². The van der Waals surface area contributed by atoms with Crippen molar-refractivity contribution in [3.8, 4) is 0 Å². The number of hydrogen-bond donors (Lipinski definition) is 1. The molecular formula is C20H23N3O. The fourth-order valence-corrected chi connectivity index (χ4v) is 3.67. The Morgan fingerprint density at radius 2 is 1.67 bits per heavy atom. The van der Waals surface area contributed by atoms with Crippen LogP contribution in [0.15, 0.2) is 54.6 Å². The standard InChI is InChI=1S/C20H23N3O/c24-20(23-13-17-8-4-5-9-18(17)14-23)19-15-22(11-10-21-19)12-16-6-2-1-3-7-16/h1-9,19,21H,10-15H2/t19-/m0/s1. The largest absolute Gasteiger partial charge is 0.333 e. The van der Waals surface area contributed by atoms with Crippen LogP contribution in [-0.4, -0.2) is 41.4 Å². The maximum atomic E-state index is 12.9. The Bertz CT molecular complexity index is 691. The summed E-state index contributed by atoms with van der Waals surface area (Å²) < 4.78 is 0. The van der Waals surface area contributed by atoms with E-state index in [0.717, 1.165) is 39.3 Å². The van der Waals surface area contributed by atoms with Gasteiger partial charge in [-0.15, -0.1) is 0 Å². The molecule has 0 unspecified atom stereocenters. The molecule has 0 aliphatic carbocycles. The Kier molecular flexibility index (Phi) is 4.32. The molecule has 2 aliphatic rings. The van der Waals surface area contributed by atoms with E-state index in [-0.39, 0.29) is 11.9 Å². The first-order valence-corrected chi connectivity index (χ1v) is 8.65. The molecule has 4 heteroatoms. The summed E-state index contributed by atoms with van der Waals surface area (Å²) in [6.07, 6.45) is 0. The molecule has 0 radical (unpaired) electrons. The second-order valence-electron chi connectivity index (χ2n) is 6.69. The van der Waals surface area contributed by atoms with Crippen LogP contribution in [0.5, 0.6) is 0 Å². The van der Waals surface area contributed by atoms with Crippen LogP contribution in [0, 0.1) is 0 Å². The quantitative estimate of drug-likeness (QED) is 0.939. The maximum Gasteiger partial charge on any atom is 0.241 e. The minimum atomic E-state index is -0.100. The molecule has 24 heavy (non-hydrogen) atoms. The smallest absolute Gasteiger partial charge is 0.241 e. The Morgan fingerprint density at radius 3 is 2.38 bits per heavy atom. The molecule has 4 rings (SSSR count). The zero-order valence-electron chi connectivity index (χ0n) is 13.8. The number of nitrogens with zero attached hydrogens (tertiary/aromatic N) is 2. The van der Waals surface area contributed by atoms with Crippen molar-refractivity contribution in [2.45, 2.75) is 25.7 Å². The number of hydrogen-bond acceptors (Lipinski definition) is 3. The van der Waals surface area contributed by atoms with Crippen LogP contribution in [0.4, 0.5) is 0 Å². The van der Waals surface area contributed by atoms with E-state index in [1.54, 1.807) is 0 Å². The second kappa shape index (κ2) is 6.75. The van der Waals surface area contributed by atoms with Crippen molar-refractivity contribution in [2.24, 2.45) is 0 Å². The van der Waals surface area contributed by atoms with E-state index >= 15 is 0 Å². The molecule has 2 aromatic rings. The molecule has 1 N–H and O–H groups in total. The van der Waals surface area contributed by atoms with Crippen LogP contribution in [0.2, 0.25) is 0 Å². The van der Waals surface area contributed by atoms with E-state index in [1.165, 1.54) is 16.7 Å². The minimum absolute atomic E-state index is 0.100. The highest BCUT2D eigenvalue weighted by atomic mass is 16.2. The van der Waals surface area contributed by atoms with Gasteiger partial charge in [0.1, 0.15) is 0 Å². The summed E-state index contributed by atoms with van der Waals surface area (Å²) in [4.78, 5) is 17.3. The molecule has 0 saturated carbocycles. The Hall–Kier alpha value is -2.17. The third-order valence-corrected chi connectivity index (χ3v) is 4.96. The number of benzene rings is 2. The van der Waals surface area contributed by atoms with Gasteiger partial charge in [-0.05, 0) is 16.7 Å². The molecule has 1 amide bonds. The molecular weight excluding hydrogens is 298 g/mol. The van der Waals surface area contributed by atoms with Crippen LogP contribution >= 0.6 is 0 Å². The number of nitrogens with one attached hydrogen (secondary N) is 1. The van der Waals surface area contributed by atoms with E-state index in [1.807, 2.05) is 23.1 Å². The van der Waals surface area contributed by atoms with Crippen LogP contribution in [0.1, 0.15) is 16.7 Å². The number of fused-ring (bicyclic) bond motifs is 1. The van der Waals surface area contributed by atoms with E-state index < -0.39 is 0 Å². The SMILES string of the molecule is O=C([C@@H]1CN(Cc2ccccc2)CCN1)N1Cc2ccccc2C1. The monoisotopic (exact) mass is 321 g/mol. The maximum absolute atomic E-state index is 12.9. The number of rotatable bonds is 3. The van der Waals surface area contributed by atoms with Crippen LogP contribution in [0.3, 0.4) is 0 Å². The Balaban J connectivity index is 1.39. The van der Waals surface area contributed by atoms with Gasteiger partial charge in [0, 0.05) is 39.3 Å². The highest BCUT2D eigenvalue weighted by Gasteiger charge is 2.31. The highest BCUT2D eigenvalue weighted by Crippen LogP contribution is 2.23. The molecule has 0 spiro atoms. The third kappa shape index (κ3) is 3.21. The summed E-state index contributed by atoms with van der Waals surface area (Å²) in [6, 6.07) is 18.7. The molecule has 1 fully saturated rings. The number of amides is 1. The van der Waals surface area contributed by atoms with Crippen molar-refractivity contribution in [3.05, 3.63) is 71.3 Å². The van der Waals surface area contributed by atoms with Gasteiger partial charge in [-0.2, -0.15) is 0 Å². The van der Waals surface area contributed by atoms with Gasteiger partial charge in [0.15, 0.2) is 0 Å². The van der Waals surface area contributed by atoms with Crippen LogP contribution in [0.25, 0.3) is 0 Å². The summed E-state index contributed by atoms with van der Waals surface area (Å²) in [5.41, 5.74) is 3.87. The predicted molar refractivity (Wildman–Crippen MR) is 94.2 cm³/mol. The lowest BCUT2D eigenvalue weighted by Crippen LogP contribution is -2.56. The Labute approximate surface area is 143 Å². The zero-order chi connectivity index (χ0) is 16.4. The summed E-state index contributed by atoms with van der Waals surface area (Å²) in [5.74, 6) is 0.226. The summed E-state index contributed by atoms with van der Waals surface area (Å²) >= 11 is 0. The van der Waals surface area contributed by atoms with Crippen LogP contribution in [-0.2, 0) is 24.4 Å². The summed E-state index contributed by atoms with van der Waals surface area (Å²) in [7, 11) is 0. The van der Waals surface area contributed by atoms with Gasteiger partial charge in [0.25, 0.3) is 0 Å². The minimum Gasteiger partial charge on any atom is -0.333 e. The lowest BCUT2D eigenvalue weighted by molar-refractivity contribution is -0.135. The van der Waals surface area contributed by atoms with Crippen molar-refractivity contribution in [2.75, 3.05) is 19.6 Å². The van der Waals surface area contributed by atoms with Crippen molar-refractivity contribution in [3.63, 3.8) is 0 Å². The summed E-state index contributed by atoms with van der Waals surface area (Å²) in [6.45, 7) is 5.02. The van der Waals surface area contributed by atoms with Gasteiger partial charge in [-0.1, -0.05) is 54.6 Å². The third-order valence-electron chi connectivity index (χ3n) is 4.96. The lowest BCUT2D eigenvalue weighted by atomic mass is 10.1. The summed E-state index contributed by atoms with van der Waals surface area (Å²) in [5, 5.41) is 3.41. The fourth-order valence-electron chi connectivity index (χ4n) is 3.67. The van der Waals surface area contributed by atoms with E-state index in [4.69, 9.17) is 0 Å². The number of carbonyl (C=O) groups is 1. The molecule has 2 heterocycles. The molecule has 1 atom stereocenters. The first-order valence-electron chi connectivity index (χ1n) is 8.65. The zero-order valence-corrected chi connectivity index (χ0v) is 13.8. The van der Waals surface area contributed by atoms with Crippen molar-refractivity contribution in [1.82, 2.24) is 15.1 Å². The van der Waals surface area contributed by atoms with Crippen LogP contribution < -0.4 is 5.32 Å². The van der Waals surface area contributed by atoms with Gasteiger partial charge in [0.2, 0.25) is 5.91 Å². The van der Waals surface area contributed by atoms with Gasteiger partial charge in [-0.3, -0.25) is 9.69 Å². The normalized spacial score (nSPS) is 20.8. The van der Waals surface area contributed by atoms with Crippen molar-refractivity contribution in [1.29, 1.82) is 0 Å². The molecule has 0 aromatic heterocycles. The van der Waals surface area contributed by atoms with Gasteiger partial charge in [-0.25, -0.2) is 0 Å². The molecule has 4 nitrogen and oxygen atoms in total. The highest BCUT2D eigenvalue weighted by molar-refractivity contribution is 5.83. The van der Waals surface area contributed by atoms with Gasteiger partial charge >= 0.3 is 0 Å². The van der Waals surface area contributed by atoms with E-state index in [9.17, 15) is 4.79 Å². The first-order chi connectivity index (χ1) is 11.8. The predicted octanol–water partition coefficient (Wildman–Crippen LogP) is 2.00. The lowest BCUT2D eigenvalue weighted by Gasteiger charge is -2.34. The first kappa shape index (κ1) is 15.4. The van der Waals surface area contributed by atoms with Crippen molar-refractivity contribution < 1.29 is 4.79 Å². The second-order valence-corrected chi connectivity index (χ2v) is 6.69. The average molecular weight is 321 g/mol. The molecule has 124 valence electrons. The molecule has 0 bridgehead atoms. The molecule has 2 aliphatic heterocycles. The molecule has 2 aromatic carbocycles. The van der Waals surface area contributed by atoms with E-state index in [2.05, 4.69) is 46.6 Å². The van der Waals surface area contributed by atoms with Crippen molar-refractivity contribution >= 4 is 5.91 Å². The number of piperazine rings is 1. The Morgan fingerprint density at radius 1 is 1.00 bits per heavy atom.